The summed E-state index contributed by atoms with van der Waals surface area (Å²) in [5.74, 6) is 2.72. The van der Waals surface area contributed by atoms with Crippen LogP contribution in [0.4, 0.5) is 5.69 Å². The van der Waals surface area contributed by atoms with Crippen LogP contribution in [0.1, 0.15) is 109 Å². The molecule has 3 aliphatic rings. The summed E-state index contributed by atoms with van der Waals surface area (Å²) in [4.78, 5) is 21.6. The third kappa shape index (κ3) is 8.32. The topological polar surface area (TPSA) is 115 Å². The molecule has 0 radical (unpaired) electrons. The van der Waals surface area contributed by atoms with E-state index in [9.17, 15) is 4.79 Å². The molecule has 1 aliphatic carbocycles. The minimum Gasteiger partial charge on any atom is -0.493 e. The zero-order chi connectivity index (χ0) is 31.6. The van der Waals surface area contributed by atoms with Gasteiger partial charge in [0.1, 0.15) is 11.5 Å². The van der Waals surface area contributed by atoms with E-state index in [1.165, 1.54) is 18.2 Å². The van der Waals surface area contributed by atoms with Gasteiger partial charge >= 0.3 is 5.97 Å². The summed E-state index contributed by atoms with van der Waals surface area (Å²) in [6, 6.07) is 12.3. The number of rotatable bonds is 10. The maximum atomic E-state index is 12.4. The third-order valence-electron chi connectivity index (χ3n) is 8.70. The summed E-state index contributed by atoms with van der Waals surface area (Å²) >= 11 is 0. The first kappa shape index (κ1) is 32.7. The van der Waals surface area contributed by atoms with E-state index in [-0.39, 0.29) is 0 Å². The first-order valence-electron chi connectivity index (χ1n) is 16.4. The zero-order valence-electron chi connectivity index (χ0n) is 26.9. The van der Waals surface area contributed by atoms with Crippen molar-refractivity contribution in [3.8, 4) is 11.5 Å². The van der Waals surface area contributed by atoms with Gasteiger partial charge in [-0.2, -0.15) is 0 Å². The van der Waals surface area contributed by atoms with Crippen molar-refractivity contribution < 1.29 is 28.5 Å². The number of ether oxygens (including phenoxy) is 5. The molecule has 0 unspecified atom stereocenters. The van der Waals surface area contributed by atoms with E-state index in [0.717, 1.165) is 93.4 Å². The van der Waals surface area contributed by atoms with E-state index < -0.39 is 5.97 Å². The molecule has 2 aromatic carbocycles. The van der Waals surface area contributed by atoms with Gasteiger partial charge in [0.05, 0.1) is 37.4 Å². The highest BCUT2D eigenvalue weighted by atomic mass is 16.5. The van der Waals surface area contributed by atoms with Crippen LogP contribution in [0.3, 0.4) is 0 Å². The lowest BCUT2D eigenvalue weighted by molar-refractivity contribution is 0.0591. The number of nitrogens with zero attached hydrogens (tertiary/aromatic N) is 2. The maximum Gasteiger partial charge on any atom is 0.358 e. The molecule has 9 nitrogen and oxygen atoms in total. The molecule has 1 saturated carbocycles. The van der Waals surface area contributed by atoms with Crippen molar-refractivity contribution in [1.29, 1.82) is 0 Å². The molecule has 0 atom stereocenters. The van der Waals surface area contributed by atoms with Crippen molar-refractivity contribution in [2.75, 3.05) is 52.5 Å². The molecule has 6 rings (SSSR count). The van der Waals surface area contributed by atoms with Crippen LogP contribution >= 0.6 is 0 Å². The Bertz CT molecular complexity index is 1410. The van der Waals surface area contributed by atoms with Gasteiger partial charge in [-0.15, -0.1) is 0 Å². The van der Waals surface area contributed by atoms with Crippen LogP contribution in [0.15, 0.2) is 42.6 Å². The Morgan fingerprint density at radius 3 is 1.98 bits per heavy atom. The molecule has 2 saturated heterocycles. The number of hydrogen-bond acceptors (Lipinski definition) is 9. The number of benzene rings is 2. The first-order chi connectivity index (χ1) is 22.0. The Balaban J connectivity index is 0.000000211. The molecule has 242 valence electrons. The van der Waals surface area contributed by atoms with Gasteiger partial charge in [-0.1, -0.05) is 30.3 Å². The van der Waals surface area contributed by atoms with Crippen LogP contribution in [-0.4, -0.2) is 62.7 Å². The highest BCUT2D eigenvalue weighted by molar-refractivity contribution is 5.88. The van der Waals surface area contributed by atoms with E-state index in [0.29, 0.717) is 48.8 Å². The van der Waals surface area contributed by atoms with E-state index >= 15 is 0 Å². The first-order valence-corrected chi connectivity index (χ1v) is 16.4. The number of nitrogen functional groups attached to an aromatic ring is 1. The van der Waals surface area contributed by atoms with Crippen molar-refractivity contribution in [2.24, 2.45) is 0 Å². The van der Waals surface area contributed by atoms with Crippen LogP contribution in [-0.2, 0) is 20.6 Å². The predicted molar refractivity (Wildman–Crippen MR) is 173 cm³/mol. The third-order valence-corrected chi connectivity index (χ3v) is 8.70. The fourth-order valence-electron chi connectivity index (χ4n) is 6.18. The van der Waals surface area contributed by atoms with Crippen molar-refractivity contribution in [1.82, 2.24) is 9.97 Å². The van der Waals surface area contributed by atoms with Gasteiger partial charge in [-0.3, -0.25) is 4.98 Å². The number of methoxy groups -OCH3 is 1. The average Bonchev–Trinajstić information content (AvgIpc) is 3.93. The molecular weight excluding hydrogens is 570 g/mol. The minimum absolute atomic E-state index is 0.316. The summed E-state index contributed by atoms with van der Waals surface area (Å²) in [6.07, 6.45) is 8.61. The number of carbonyl (C=O) groups excluding carboxylic acids is 1. The van der Waals surface area contributed by atoms with Crippen molar-refractivity contribution in [3.05, 3.63) is 76.4 Å². The number of nitrogens with two attached hydrogens (primary N) is 1. The van der Waals surface area contributed by atoms with Gasteiger partial charge in [-0.25, -0.2) is 9.78 Å². The van der Waals surface area contributed by atoms with Gasteiger partial charge in [0, 0.05) is 50.5 Å². The summed E-state index contributed by atoms with van der Waals surface area (Å²) in [5.41, 5.74) is 12.0. The number of carbonyl (C=O) groups is 1. The van der Waals surface area contributed by atoms with E-state index in [1.807, 2.05) is 38.2 Å². The zero-order valence-corrected chi connectivity index (χ0v) is 26.9. The predicted octanol–water partition coefficient (Wildman–Crippen LogP) is 6.59. The lowest BCUT2D eigenvalue weighted by atomic mass is 9.89. The average molecular weight is 618 g/mol. The number of hydrogen-bond donors (Lipinski definition) is 1. The lowest BCUT2D eigenvalue weighted by Crippen LogP contribution is -2.16. The highest BCUT2D eigenvalue weighted by Gasteiger charge is 2.29. The lowest BCUT2D eigenvalue weighted by Gasteiger charge is -2.25. The van der Waals surface area contributed by atoms with Gasteiger partial charge < -0.3 is 29.4 Å². The van der Waals surface area contributed by atoms with Crippen LogP contribution in [0.5, 0.6) is 11.5 Å². The van der Waals surface area contributed by atoms with Gasteiger partial charge in [0.2, 0.25) is 0 Å². The van der Waals surface area contributed by atoms with Gasteiger partial charge in [0.25, 0.3) is 0 Å². The SMILES string of the molecule is CCOc1c(Cc2ncc(C3CC3)nc2C(=O)OC)cccc1C1CCOCC1.CCOc1c(N)cccc1C1CCOCC1. The smallest absolute Gasteiger partial charge is 0.358 e. The van der Waals surface area contributed by atoms with Crippen molar-refractivity contribution in [3.63, 3.8) is 0 Å². The highest BCUT2D eigenvalue weighted by Crippen LogP contribution is 2.40. The molecule has 0 bridgehead atoms. The second-order valence-corrected chi connectivity index (χ2v) is 11.8. The molecule has 0 amide bonds. The van der Waals surface area contributed by atoms with Gasteiger partial charge in [0.15, 0.2) is 5.69 Å². The molecule has 3 heterocycles. The molecule has 0 spiro atoms. The summed E-state index contributed by atoms with van der Waals surface area (Å²) < 4.78 is 27.6. The normalized spacial score (nSPS) is 17.2. The van der Waals surface area contributed by atoms with Crippen LogP contribution in [0.2, 0.25) is 0 Å². The van der Waals surface area contributed by atoms with Crippen LogP contribution < -0.4 is 15.2 Å². The summed E-state index contributed by atoms with van der Waals surface area (Å²) in [6.45, 7) is 8.46. The fraction of sp³-hybridized carbons (Fsp3) is 0.528. The van der Waals surface area contributed by atoms with Crippen molar-refractivity contribution in [2.45, 2.75) is 76.5 Å². The fourth-order valence-corrected chi connectivity index (χ4v) is 6.18. The van der Waals surface area contributed by atoms with Crippen LogP contribution in [0, 0.1) is 0 Å². The Morgan fingerprint density at radius 2 is 1.40 bits per heavy atom. The molecule has 9 heteroatoms. The minimum atomic E-state index is -0.437. The quantitative estimate of drug-likeness (QED) is 0.199. The molecule has 3 aromatic rings. The summed E-state index contributed by atoms with van der Waals surface area (Å²) in [5, 5.41) is 0. The molecule has 1 aromatic heterocycles. The Morgan fingerprint density at radius 1 is 0.822 bits per heavy atom. The Kier molecular flexibility index (Phi) is 11.7. The van der Waals surface area contributed by atoms with E-state index in [4.69, 9.17) is 29.4 Å². The van der Waals surface area contributed by atoms with E-state index in [2.05, 4.69) is 28.2 Å². The molecule has 2 N–H and O–H groups in total. The standard InChI is InChI=1S/C23H28N2O4.C13H19NO2/c1-3-29-22-17(5-4-6-18(22)15-9-11-28-12-10-15)13-19-21(23(26)27-2)25-20(14-24-19)16-7-8-16;1-2-16-13-11(4-3-5-12(13)14)10-6-8-15-9-7-10/h4-6,14-16H,3,7-13H2,1-2H3;3-5,10H,2,6-9,14H2,1H3. The molecule has 45 heavy (non-hydrogen) atoms. The number of para-hydroxylation sites is 2. The number of esters is 1. The number of anilines is 1. The molecular formula is C36H47N3O6. The molecule has 3 fully saturated rings. The molecule has 2 aliphatic heterocycles. The Labute approximate surface area is 266 Å². The largest absolute Gasteiger partial charge is 0.493 e. The van der Waals surface area contributed by atoms with Crippen LogP contribution in [0.25, 0.3) is 0 Å². The second-order valence-electron chi connectivity index (χ2n) is 11.8. The van der Waals surface area contributed by atoms with Crippen molar-refractivity contribution >= 4 is 11.7 Å². The summed E-state index contributed by atoms with van der Waals surface area (Å²) in [7, 11) is 1.38. The monoisotopic (exact) mass is 617 g/mol. The number of aromatic nitrogens is 2. The Hall–Kier alpha value is -3.69. The second kappa shape index (κ2) is 16.0. The van der Waals surface area contributed by atoms with Gasteiger partial charge in [-0.05, 0) is 81.4 Å². The van der Waals surface area contributed by atoms with E-state index in [1.54, 1.807) is 0 Å². The maximum absolute atomic E-state index is 12.4.